The van der Waals surface area contributed by atoms with Crippen molar-refractivity contribution in [3.63, 3.8) is 0 Å². The number of halogens is 2. The smallest absolute Gasteiger partial charge is 0.323 e. The van der Waals surface area contributed by atoms with Crippen molar-refractivity contribution in [1.82, 2.24) is 0 Å². The molecule has 1 fully saturated rings. The van der Waals surface area contributed by atoms with Crippen LogP contribution in [0.25, 0.3) is 0 Å². The van der Waals surface area contributed by atoms with Gasteiger partial charge in [0.25, 0.3) is 0 Å². The van der Waals surface area contributed by atoms with Crippen LogP contribution in [-0.4, -0.2) is 24.8 Å². The molecule has 0 spiro atoms. The largest absolute Gasteiger partial charge is 0.495 e. The van der Waals surface area contributed by atoms with E-state index < -0.39 is 6.03 Å². The van der Waals surface area contributed by atoms with Gasteiger partial charge in [-0.2, -0.15) is 0 Å². The highest BCUT2D eigenvalue weighted by Crippen LogP contribution is 2.45. The Bertz CT molecular complexity index is 1220. The number of hydrogen-bond acceptors (Lipinski definition) is 4. The molecule has 1 heterocycles. The van der Waals surface area contributed by atoms with E-state index in [0.717, 1.165) is 16.8 Å². The first-order valence-corrected chi connectivity index (χ1v) is 11.9. The van der Waals surface area contributed by atoms with Gasteiger partial charge in [0.1, 0.15) is 11.1 Å². The summed E-state index contributed by atoms with van der Waals surface area (Å²) in [4.78, 5) is 27.1. The fourth-order valence-corrected chi connectivity index (χ4v) is 5.18. The molecule has 1 atom stereocenters. The Balaban J connectivity index is 1.56. The molecule has 33 heavy (non-hydrogen) atoms. The van der Waals surface area contributed by atoms with Crippen LogP contribution >= 0.6 is 35.0 Å². The number of aryl methyl sites for hydroxylation is 1. The van der Waals surface area contributed by atoms with Gasteiger partial charge in [0, 0.05) is 10.7 Å². The summed E-state index contributed by atoms with van der Waals surface area (Å²) in [6, 6.07) is 17.6. The Hall–Kier alpha value is -2.87. The van der Waals surface area contributed by atoms with E-state index in [4.69, 9.17) is 27.9 Å². The van der Waals surface area contributed by atoms with E-state index in [1.165, 1.54) is 11.8 Å². The lowest BCUT2D eigenvalue weighted by Gasteiger charge is -2.26. The highest BCUT2D eigenvalue weighted by molar-refractivity contribution is 8.00. The Morgan fingerprint density at radius 3 is 2.67 bits per heavy atom. The normalized spacial score (nSPS) is 15.5. The molecule has 1 unspecified atom stereocenters. The summed E-state index contributed by atoms with van der Waals surface area (Å²) in [6.07, 6.45) is 0. The van der Waals surface area contributed by atoms with Crippen LogP contribution in [-0.2, 0) is 4.79 Å². The zero-order chi connectivity index (χ0) is 23.5. The molecule has 0 aliphatic carbocycles. The number of amides is 3. The predicted octanol–water partition coefficient (Wildman–Crippen LogP) is 6.73. The number of ether oxygens (including phenoxy) is 1. The van der Waals surface area contributed by atoms with E-state index in [1.54, 1.807) is 36.3 Å². The standard InChI is InChI=1S/C24H21Cl2N3O3S/c1-14-6-9-21(32-2)20(10-14)29-22(30)13-33-23(29)15-4-3-5-17(11-15)27-24(31)28-19-8-7-16(25)12-18(19)26/h3-12,23H,13H2,1-2H3,(H2,27,28,31). The van der Waals surface area contributed by atoms with Crippen LogP contribution in [0.2, 0.25) is 10.0 Å². The number of carbonyl (C=O) groups excluding carboxylic acids is 2. The van der Waals surface area contributed by atoms with E-state index in [1.807, 2.05) is 43.3 Å². The lowest BCUT2D eigenvalue weighted by atomic mass is 10.1. The van der Waals surface area contributed by atoms with Crippen molar-refractivity contribution in [1.29, 1.82) is 0 Å². The maximum atomic E-state index is 12.8. The Kier molecular flexibility index (Phi) is 7.02. The molecule has 0 saturated carbocycles. The van der Waals surface area contributed by atoms with Gasteiger partial charge in [-0.1, -0.05) is 41.4 Å². The lowest BCUT2D eigenvalue weighted by molar-refractivity contribution is -0.115. The molecule has 3 aromatic rings. The average Bonchev–Trinajstić information content (AvgIpc) is 3.17. The molecule has 2 N–H and O–H groups in total. The van der Waals surface area contributed by atoms with E-state index >= 15 is 0 Å². The van der Waals surface area contributed by atoms with Crippen molar-refractivity contribution < 1.29 is 14.3 Å². The third-order valence-electron chi connectivity index (χ3n) is 5.07. The number of rotatable bonds is 5. The molecule has 3 amide bonds. The van der Waals surface area contributed by atoms with Crippen molar-refractivity contribution >= 4 is 64.0 Å². The van der Waals surface area contributed by atoms with Crippen LogP contribution in [0.1, 0.15) is 16.5 Å². The first-order valence-electron chi connectivity index (χ1n) is 10.1. The second kappa shape index (κ2) is 9.95. The van der Waals surface area contributed by atoms with Crippen LogP contribution in [0, 0.1) is 6.92 Å². The zero-order valence-electron chi connectivity index (χ0n) is 17.9. The summed E-state index contributed by atoms with van der Waals surface area (Å²) < 4.78 is 5.51. The molecule has 1 aliphatic rings. The Morgan fingerprint density at radius 1 is 1.09 bits per heavy atom. The maximum absolute atomic E-state index is 12.8. The molecule has 4 rings (SSSR count). The zero-order valence-corrected chi connectivity index (χ0v) is 20.2. The molecule has 3 aromatic carbocycles. The summed E-state index contributed by atoms with van der Waals surface area (Å²) in [5.74, 6) is 0.993. The number of hydrogen-bond donors (Lipinski definition) is 2. The summed E-state index contributed by atoms with van der Waals surface area (Å²) in [6.45, 7) is 1.97. The molecule has 0 bridgehead atoms. The van der Waals surface area contributed by atoms with Gasteiger partial charge in [-0.25, -0.2) is 4.79 Å². The maximum Gasteiger partial charge on any atom is 0.323 e. The van der Waals surface area contributed by atoms with Gasteiger partial charge in [0.2, 0.25) is 5.91 Å². The van der Waals surface area contributed by atoms with Crippen LogP contribution in [0.3, 0.4) is 0 Å². The van der Waals surface area contributed by atoms with E-state index in [-0.39, 0.29) is 11.3 Å². The number of nitrogens with zero attached hydrogens (tertiary/aromatic N) is 1. The van der Waals surface area contributed by atoms with Gasteiger partial charge >= 0.3 is 6.03 Å². The average molecular weight is 502 g/mol. The van der Waals surface area contributed by atoms with Crippen molar-refractivity contribution in [2.75, 3.05) is 28.4 Å². The highest BCUT2D eigenvalue weighted by Gasteiger charge is 2.35. The van der Waals surface area contributed by atoms with Crippen LogP contribution in [0.15, 0.2) is 60.7 Å². The molecule has 6 nitrogen and oxygen atoms in total. The van der Waals surface area contributed by atoms with E-state index in [2.05, 4.69) is 10.6 Å². The third-order valence-corrected chi connectivity index (χ3v) is 6.83. The van der Waals surface area contributed by atoms with Crippen molar-refractivity contribution in [2.45, 2.75) is 12.3 Å². The minimum Gasteiger partial charge on any atom is -0.495 e. The second-order valence-corrected chi connectivity index (χ2v) is 9.34. The quantitative estimate of drug-likeness (QED) is 0.406. The molecular weight excluding hydrogens is 481 g/mol. The minimum absolute atomic E-state index is 0.00221. The molecular formula is C24H21Cl2N3O3S. The summed E-state index contributed by atoms with van der Waals surface area (Å²) >= 11 is 13.6. The van der Waals surface area contributed by atoms with E-state index in [9.17, 15) is 9.59 Å². The van der Waals surface area contributed by atoms with Crippen LogP contribution in [0.5, 0.6) is 5.75 Å². The van der Waals surface area contributed by atoms with E-state index in [0.29, 0.717) is 32.9 Å². The number of methoxy groups -OCH3 is 1. The number of urea groups is 1. The highest BCUT2D eigenvalue weighted by atomic mass is 35.5. The monoisotopic (exact) mass is 501 g/mol. The predicted molar refractivity (Wildman–Crippen MR) is 136 cm³/mol. The molecule has 1 aliphatic heterocycles. The van der Waals surface area contributed by atoms with Crippen LogP contribution < -0.4 is 20.3 Å². The third kappa shape index (κ3) is 5.21. The second-order valence-electron chi connectivity index (χ2n) is 7.43. The van der Waals surface area contributed by atoms with Gasteiger partial charge in [-0.15, -0.1) is 11.8 Å². The molecule has 0 radical (unpaired) electrons. The fourth-order valence-electron chi connectivity index (χ4n) is 3.56. The number of carbonyl (C=O) groups is 2. The number of anilines is 3. The summed E-state index contributed by atoms with van der Waals surface area (Å²) in [5, 5.41) is 6.10. The summed E-state index contributed by atoms with van der Waals surface area (Å²) in [7, 11) is 1.59. The van der Waals surface area contributed by atoms with Crippen molar-refractivity contribution in [3.8, 4) is 5.75 Å². The summed E-state index contributed by atoms with van der Waals surface area (Å²) in [5.41, 5.74) is 3.68. The van der Waals surface area contributed by atoms with Crippen molar-refractivity contribution in [2.24, 2.45) is 0 Å². The first-order chi connectivity index (χ1) is 15.9. The topological polar surface area (TPSA) is 70.7 Å². The van der Waals surface area contributed by atoms with Crippen LogP contribution in [0.4, 0.5) is 21.9 Å². The van der Waals surface area contributed by atoms with Gasteiger partial charge in [0.05, 0.1) is 29.3 Å². The van der Waals surface area contributed by atoms with Gasteiger partial charge in [-0.05, 0) is 60.5 Å². The Labute approximate surface area is 206 Å². The minimum atomic E-state index is -0.441. The molecule has 0 aromatic heterocycles. The van der Waals surface area contributed by atoms with Gasteiger partial charge in [0.15, 0.2) is 0 Å². The molecule has 1 saturated heterocycles. The van der Waals surface area contributed by atoms with Gasteiger partial charge in [-0.3, -0.25) is 9.69 Å². The fraction of sp³-hybridized carbons (Fsp3) is 0.167. The Morgan fingerprint density at radius 2 is 1.91 bits per heavy atom. The first kappa shape index (κ1) is 23.3. The SMILES string of the molecule is COc1ccc(C)cc1N1C(=O)CSC1c1cccc(NC(=O)Nc2ccc(Cl)cc2Cl)c1. The number of nitrogens with one attached hydrogen (secondary N) is 2. The molecule has 9 heteroatoms. The number of thioether (sulfide) groups is 1. The number of benzene rings is 3. The van der Waals surface area contributed by atoms with Gasteiger partial charge < -0.3 is 15.4 Å². The molecule has 170 valence electrons. The lowest BCUT2D eigenvalue weighted by Crippen LogP contribution is -2.28. The van der Waals surface area contributed by atoms with Crippen molar-refractivity contribution in [3.05, 3.63) is 81.8 Å².